The normalized spacial score (nSPS) is 13.0. The quantitative estimate of drug-likeness (QED) is 0.655. The van der Waals surface area contributed by atoms with E-state index in [1.165, 1.54) is 0 Å². The molecule has 0 rings (SSSR count). The van der Waals surface area contributed by atoms with Gasteiger partial charge in [0.25, 0.3) is 0 Å². The molecule has 1 unspecified atom stereocenters. The molecule has 78 valence electrons. The first kappa shape index (κ1) is 12.4. The largest absolute Gasteiger partial charge is 0.396 e. The van der Waals surface area contributed by atoms with Gasteiger partial charge in [0.15, 0.2) is 0 Å². The maximum absolute atomic E-state index is 11.3. The van der Waals surface area contributed by atoms with Gasteiger partial charge in [0.2, 0.25) is 5.91 Å². The average Bonchev–Trinajstić information content (AvgIpc) is 2.05. The van der Waals surface area contributed by atoms with E-state index in [1.807, 2.05) is 6.92 Å². The molecule has 0 aromatic rings. The molecule has 3 nitrogen and oxygen atoms in total. The van der Waals surface area contributed by atoms with Crippen LogP contribution in [0.4, 0.5) is 0 Å². The minimum atomic E-state index is -0.229. The van der Waals surface area contributed by atoms with Crippen LogP contribution < -0.4 is 5.32 Å². The van der Waals surface area contributed by atoms with Gasteiger partial charge in [0.1, 0.15) is 0 Å². The van der Waals surface area contributed by atoms with Crippen molar-refractivity contribution in [1.29, 1.82) is 0 Å². The second kappa shape index (κ2) is 6.89. The Kier molecular flexibility index (Phi) is 6.59. The summed E-state index contributed by atoms with van der Waals surface area (Å²) in [5.41, 5.74) is 0. The van der Waals surface area contributed by atoms with Gasteiger partial charge < -0.3 is 10.4 Å². The predicted molar refractivity (Wildman–Crippen MR) is 53.3 cm³/mol. The van der Waals surface area contributed by atoms with Crippen molar-refractivity contribution in [1.82, 2.24) is 5.32 Å². The maximum atomic E-state index is 11.3. The summed E-state index contributed by atoms with van der Waals surface area (Å²) in [6.45, 7) is 6.81. The van der Waals surface area contributed by atoms with Crippen LogP contribution in [0.25, 0.3) is 0 Å². The van der Waals surface area contributed by atoms with Crippen LogP contribution >= 0.6 is 0 Å². The fourth-order valence-corrected chi connectivity index (χ4v) is 1.03. The van der Waals surface area contributed by atoms with Crippen molar-refractivity contribution >= 4 is 5.91 Å². The predicted octanol–water partition coefficient (Wildman–Crippen LogP) is 1.17. The van der Waals surface area contributed by atoms with Gasteiger partial charge in [-0.15, -0.1) is 0 Å². The van der Waals surface area contributed by atoms with E-state index in [0.717, 1.165) is 6.42 Å². The Morgan fingerprint density at radius 3 is 2.46 bits per heavy atom. The summed E-state index contributed by atoms with van der Waals surface area (Å²) < 4.78 is 0. The third-order valence-corrected chi connectivity index (χ3v) is 2.10. The Balaban J connectivity index is 3.60. The summed E-state index contributed by atoms with van der Waals surface area (Å²) in [5.74, 6) is 0.354. The first-order chi connectivity index (χ1) is 6.11. The number of carbonyl (C=O) groups excluding carboxylic acids is 1. The third-order valence-electron chi connectivity index (χ3n) is 2.10. The molecule has 0 aliphatic heterocycles. The van der Waals surface area contributed by atoms with E-state index in [9.17, 15) is 4.79 Å². The fraction of sp³-hybridized carbons (Fsp3) is 0.900. The number of amides is 1. The monoisotopic (exact) mass is 187 g/mol. The number of aliphatic hydroxyl groups is 1. The molecule has 0 aliphatic carbocycles. The van der Waals surface area contributed by atoms with Crippen molar-refractivity contribution in [3.63, 3.8) is 0 Å². The lowest BCUT2D eigenvalue weighted by atomic mass is 10.1. The highest BCUT2D eigenvalue weighted by atomic mass is 16.3. The van der Waals surface area contributed by atoms with E-state index in [0.29, 0.717) is 18.9 Å². The first-order valence-corrected chi connectivity index (χ1v) is 5.00. The average molecular weight is 187 g/mol. The van der Waals surface area contributed by atoms with Crippen LogP contribution in [-0.4, -0.2) is 24.2 Å². The molecule has 0 bridgehead atoms. The lowest BCUT2D eigenvalue weighted by Crippen LogP contribution is -2.33. The molecule has 0 fully saturated rings. The molecule has 13 heavy (non-hydrogen) atoms. The van der Waals surface area contributed by atoms with Crippen molar-refractivity contribution < 1.29 is 9.90 Å². The van der Waals surface area contributed by atoms with Crippen LogP contribution in [0.1, 0.15) is 33.6 Å². The lowest BCUT2D eigenvalue weighted by molar-refractivity contribution is -0.126. The number of hydrogen-bond acceptors (Lipinski definition) is 2. The number of hydrogen-bond donors (Lipinski definition) is 2. The zero-order valence-corrected chi connectivity index (χ0v) is 8.84. The van der Waals surface area contributed by atoms with Crippen LogP contribution in [0.15, 0.2) is 0 Å². The van der Waals surface area contributed by atoms with Crippen LogP contribution in [0, 0.1) is 11.8 Å². The zero-order chi connectivity index (χ0) is 10.3. The van der Waals surface area contributed by atoms with Crippen LogP contribution in [0.2, 0.25) is 0 Å². The van der Waals surface area contributed by atoms with E-state index in [-0.39, 0.29) is 18.4 Å². The standard InChI is InChI=1S/C10H21NO2/c1-4-9(7-12)10(13)11-6-5-8(2)3/h8-9,12H,4-7H2,1-3H3,(H,11,13). The van der Waals surface area contributed by atoms with E-state index >= 15 is 0 Å². The first-order valence-electron chi connectivity index (χ1n) is 5.00. The second-order valence-corrected chi connectivity index (χ2v) is 3.76. The molecule has 1 amide bonds. The molecule has 0 aromatic heterocycles. The smallest absolute Gasteiger partial charge is 0.225 e. The zero-order valence-electron chi connectivity index (χ0n) is 8.84. The highest BCUT2D eigenvalue weighted by Gasteiger charge is 2.13. The van der Waals surface area contributed by atoms with Crippen molar-refractivity contribution in [3.8, 4) is 0 Å². The molecule has 0 radical (unpaired) electrons. The van der Waals surface area contributed by atoms with Gasteiger partial charge >= 0.3 is 0 Å². The molecule has 0 saturated heterocycles. The number of nitrogens with one attached hydrogen (secondary N) is 1. The summed E-state index contributed by atoms with van der Waals surface area (Å²) >= 11 is 0. The molecule has 1 atom stereocenters. The summed E-state index contributed by atoms with van der Waals surface area (Å²) in [5, 5.41) is 11.7. The van der Waals surface area contributed by atoms with Crippen molar-refractivity contribution in [2.75, 3.05) is 13.2 Å². The Morgan fingerprint density at radius 1 is 1.46 bits per heavy atom. The highest BCUT2D eigenvalue weighted by Crippen LogP contribution is 2.01. The number of aliphatic hydroxyl groups excluding tert-OH is 1. The molecule has 0 aliphatic rings. The Hall–Kier alpha value is -0.570. The van der Waals surface area contributed by atoms with E-state index in [2.05, 4.69) is 19.2 Å². The highest BCUT2D eigenvalue weighted by molar-refractivity contribution is 5.78. The molecular weight excluding hydrogens is 166 g/mol. The third kappa shape index (κ3) is 5.64. The molecule has 0 saturated carbocycles. The summed E-state index contributed by atoms with van der Waals surface area (Å²) in [7, 11) is 0. The molecule has 0 aromatic carbocycles. The molecule has 3 heteroatoms. The van der Waals surface area contributed by atoms with Crippen LogP contribution in [-0.2, 0) is 4.79 Å². The summed E-state index contributed by atoms with van der Waals surface area (Å²) in [6.07, 6.45) is 1.69. The molecule has 0 spiro atoms. The van der Waals surface area contributed by atoms with Gasteiger partial charge in [-0.3, -0.25) is 4.79 Å². The Labute approximate surface area is 80.5 Å². The van der Waals surface area contributed by atoms with Gasteiger partial charge in [0, 0.05) is 6.54 Å². The van der Waals surface area contributed by atoms with Gasteiger partial charge in [0.05, 0.1) is 12.5 Å². The van der Waals surface area contributed by atoms with Crippen molar-refractivity contribution in [2.45, 2.75) is 33.6 Å². The molecule has 0 heterocycles. The fourth-order valence-electron chi connectivity index (χ4n) is 1.03. The maximum Gasteiger partial charge on any atom is 0.225 e. The lowest BCUT2D eigenvalue weighted by Gasteiger charge is -2.12. The summed E-state index contributed by atoms with van der Waals surface area (Å²) in [4.78, 5) is 11.3. The SMILES string of the molecule is CCC(CO)C(=O)NCCC(C)C. The van der Waals surface area contributed by atoms with Crippen molar-refractivity contribution in [2.24, 2.45) is 11.8 Å². The Morgan fingerprint density at radius 2 is 2.08 bits per heavy atom. The van der Waals surface area contributed by atoms with Gasteiger partial charge in [-0.05, 0) is 18.8 Å². The summed E-state index contributed by atoms with van der Waals surface area (Å²) in [6, 6.07) is 0. The van der Waals surface area contributed by atoms with Crippen LogP contribution in [0.3, 0.4) is 0 Å². The molecular formula is C10H21NO2. The van der Waals surface area contributed by atoms with Crippen molar-refractivity contribution in [3.05, 3.63) is 0 Å². The van der Waals surface area contributed by atoms with Crippen LogP contribution in [0.5, 0.6) is 0 Å². The minimum absolute atomic E-state index is 0.0225. The van der Waals surface area contributed by atoms with E-state index in [4.69, 9.17) is 5.11 Å². The topological polar surface area (TPSA) is 49.3 Å². The number of rotatable bonds is 6. The minimum Gasteiger partial charge on any atom is -0.396 e. The number of carbonyl (C=O) groups is 1. The second-order valence-electron chi connectivity index (χ2n) is 3.76. The Bertz CT molecular complexity index is 142. The molecule has 2 N–H and O–H groups in total. The van der Waals surface area contributed by atoms with Gasteiger partial charge in [-0.1, -0.05) is 20.8 Å². The van der Waals surface area contributed by atoms with E-state index < -0.39 is 0 Å². The van der Waals surface area contributed by atoms with Gasteiger partial charge in [-0.2, -0.15) is 0 Å². The van der Waals surface area contributed by atoms with Gasteiger partial charge in [-0.25, -0.2) is 0 Å². The van der Waals surface area contributed by atoms with E-state index in [1.54, 1.807) is 0 Å².